The quantitative estimate of drug-likeness (QED) is 0.845. The molecule has 1 aromatic carbocycles. The Morgan fingerprint density at radius 2 is 2.05 bits per heavy atom. The Labute approximate surface area is 137 Å². The maximum absolute atomic E-state index is 5.44. The molecule has 1 heterocycles. The van der Waals surface area contributed by atoms with Gasteiger partial charge in [-0.05, 0) is 37.1 Å². The molecule has 0 amide bonds. The van der Waals surface area contributed by atoms with Crippen LogP contribution in [0.2, 0.25) is 0 Å². The number of rotatable bonds is 6. The highest BCUT2D eigenvalue weighted by atomic mass is 79.9. The molecule has 1 aliphatic heterocycles. The number of ether oxygens (including phenoxy) is 1. The first-order chi connectivity index (χ1) is 10.1. The summed E-state index contributed by atoms with van der Waals surface area (Å²) in [5.41, 5.74) is 2.69. The molecule has 0 unspecified atom stereocenters. The Morgan fingerprint density at radius 3 is 2.67 bits per heavy atom. The number of benzene rings is 1. The number of hydrogen-bond acceptors (Lipinski definition) is 3. The van der Waals surface area contributed by atoms with Crippen molar-refractivity contribution in [2.24, 2.45) is 0 Å². The zero-order chi connectivity index (χ0) is 15.2. The Balaban J connectivity index is 1.93. The molecule has 21 heavy (non-hydrogen) atoms. The normalized spacial score (nSPS) is 16.9. The van der Waals surface area contributed by atoms with Gasteiger partial charge in [-0.2, -0.15) is 0 Å². The van der Waals surface area contributed by atoms with E-state index in [1.807, 2.05) is 0 Å². The smallest absolute Gasteiger partial charge is 0.0480 e. The summed E-state index contributed by atoms with van der Waals surface area (Å²) in [5, 5.41) is 3.46. The van der Waals surface area contributed by atoms with Crippen LogP contribution in [0.4, 0.5) is 0 Å². The fourth-order valence-corrected chi connectivity index (χ4v) is 3.23. The summed E-state index contributed by atoms with van der Waals surface area (Å²) < 4.78 is 6.66. The van der Waals surface area contributed by atoms with Gasteiger partial charge in [-0.1, -0.05) is 41.9 Å². The molecule has 0 bridgehead atoms. The van der Waals surface area contributed by atoms with Crippen LogP contribution in [0, 0.1) is 0 Å². The van der Waals surface area contributed by atoms with Gasteiger partial charge in [-0.15, -0.1) is 0 Å². The molecule has 2 rings (SSSR count). The van der Waals surface area contributed by atoms with Crippen LogP contribution in [-0.4, -0.2) is 37.2 Å². The molecule has 1 aromatic rings. The molecule has 0 saturated carbocycles. The second-order valence-corrected chi connectivity index (χ2v) is 7.07. The monoisotopic (exact) mass is 354 g/mol. The lowest BCUT2D eigenvalue weighted by molar-refractivity contribution is 0.0406. The Hall–Kier alpha value is -0.420. The van der Waals surface area contributed by atoms with Crippen LogP contribution in [0.1, 0.15) is 37.8 Å². The fraction of sp³-hybridized carbons (Fsp3) is 0.647. The second kappa shape index (κ2) is 8.28. The number of halogens is 1. The molecule has 118 valence electrons. The Bertz CT molecular complexity index is 444. The fourth-order valence-electron chi connectivity index (χ4n) is 2.67. The first-order valence-corrected chi connectivity index (χ1v) is 8.64. The van der Waals surface area contributed by atoms with Crippen LogP contribution in [0.3, 0.4) is 0 Å². The lowest BCUT2D eigenvalue weighted by Crippen LogP contribution is -2.36. The minimum Gasteiger partial charge on any atom is -0.381 e. The van der Waals surface area contributed by atoms with Gasteiger partial charge in [0.25, 0.3) is 0 Å². The summed E-state index contributed by atoms with van der Waals surface area (Å²) in [4.78, 5) is 2.45. The number of nitrogens with zero attached hydrogens (tertiary/aromatic N) is 1. The third kappa shape index (κ3) is 5.37. The van der Waals surface area contributed by atoms with Crippen LogP contribution >= 0.6 is 15.9 Å². The highest BCUT2D eigenvalue weighted by molar-refractivity contribution is 9.10. The zero-order valence-corrected chi connectivity index (χ0v) is 14.9. The summed E-state index contributed by atoms with van der Waals surface area (Å²) >= 11 is 3.73. The van der Waals surface area contributed by atoms with Crippen molar-refractivity contribution in [1.82, 2.24) is 10.2 Å². The van der Waals surface area contributed by atoms with E-state index in [-0.39, 0.29) is 0 Å². The average molecular weight is 355 g/mol. The van der Waals surface area contributed by atoms with E-state index in [0.717, 1.165) is 39.1 Å². The van der Waals surface area contributed by atoms with E-state index < -0.39 is 0 Å². The maximum atomic E-state index is 5.44. The highest BCUT2D eigenvalue weighted by Gasteiger charge is 2.19. The van der Waals surface area contributed by atoms with Crippen molar-refractivity contribution in [3.05, 3.63) is 33.8 Å². The molecule has 4 heteroatoms. The van der Waals surface area contributed by atoms with Gasteiger partial charge in [-0.3, -0.25) is 4.90 Å². The highest BCUT2D eigenvalue weighted by Crippen LogP contribution is 2.22. The minimum atomic E-state index is 0.517. The largest absolute Gasteiger partial charge is 0.381 e. The summed E-state index contributed by atoms with van der Waals surface area (Å²) in [6.07, 6.45) is 2.29. The average Bonchev–Trinajstić information content (AvgIpc) is 2.48. The summed E-state index contributed by atoms with van der Waals surface area (Å²) in [6, 6.07) is 7.88. The number of hydrogen-bond donors (Lipinski definition) is 1. The molecule has 0 spiro atoms. The second-order valence-electron chi connectivity index (χ2n) is 6.22. The summed E-state index contributed by atoms with van der Waals surface area (Å²) in [7, 11) is 2.22. The molecular formula is C17H27BrN2O. The predicted molar refractivity (Wildman–Crippen MR) is 91.4 cm³/mol. The van der Waals surface area contributed by atoms with Gasteiger partial charge < -0.3 is 10.1 Å². The Kier molecular flexibility index (Phi) is 6.68. The molecule has 1 fully saturated rings. The minimum absolute atomic E-state index is 0.517. The molecule has 1 N–H and O–H groups in total. The molecule has 1 saturated heterocycles. The van der Waals surface area contributed by atoms with Crippen molar-refractivity contribution in [1.29, 1.82) is 0 Å². The summed E-state index contributed by atoms with van der Waals surface area (Å²) in [6.45, 7) is 8.06. The van der Waals surface area contributed by atoms with Crippen molar-refractivity contribution in [3.63, 3.8) is 0 Å². The van der Waals surface area contributed by atoms with Gasteiger partial charge in [0.2, 0.25) is 0 Å². The third-order valence-electron chi connectivity index (χ3n) is 4.07. The van der Waals surface area contributed by atoms with Crippen molar-refractivity contribution in [2.45, 2.75) is 51.9 Å². The van der Waals surface area contributed by atoms with Crippen molar-refractivity contribution in [2.75, 3.05) is 20.3 Å². The van der Waals surface area contributed by atoms with E-state index >= 15 is 0 Å². The maximum Gasteiger partial charge on any atom is 0.0480 e. The predicted octanol–water partition coefficient (Wildman–Crippen LogP) is 3.56. The van der Waals surface area contributed by atoms with Crippen LogP contribution in [-0.2, 0) is 17.8 Å². The zero-order valence-electron chi connectivity index (χ0n) is 13.4. The van der Waals surface area contributed by atoms with Crippen LogP contribution in [0.25, 0.3) is 0 Å². The van der Waals surface area contributed by atoms with Gasteiger partial charge in [0.15, 0.2) is 0 Å². The van der Waals surface area contributed by atoms with E-state index in [9.17, 15) is 0 Å². The molecule has 1 aliphatic rings. The van der Waals surface area contributed by atoms with Crippen molar-refractivity contribution >= 4 is 15.9 Å². The molecule has 3 nitrogen and oxygen atoms in total. The van der Waals surface area contributed by atoms with E-state index in [1.165, 1.54) is 15.6 Å². The molecule has 0 aromatic heterocycles. The summed E-state index contributed by atoms with van der Waals surface area (Å²) in [5.74, 6) is 0. The van der Waals surface area contributed by atoms with Crippen molar-refractivity contribution < 1.29 is 4.74 Å². The lowest BCUT2D eigenvalue weighted by Gasteiger charge is -2.31. The van der Waals surface area contributed by atoms with Gasteiger partial charge >= 0.3 is 0 Å². The van der Waals surface area contributed by atoms with Crippen molar-refractivity contribution in [3.8, 4) is 0 Å². The SMILES string of the molecule is CC(C)NCc1ccc(CN(C)C2CCOCC2)c(Br)c1. The standard InChI is InChI=1S/C17H27BrN2O/c1-13(2)19-11-14-4-5-15(17(18)10-14)12-20(3)16-6-8-21-9-7-16/h4-5,10,13,16,19H,6-9,11-12H2,1-3H3. The van der Waals surface area contributed by atoms with Gasteiger partial charge in [0, 0.05) is 42.9 Å². The topological polar surface area (TPSA) is 24.5 Å². The molecule has 0 aliphatic carbocycles. The van der Waals surface area contributed by atoms with Crippen LogP contribution in [0.5, 0.6) is 0 Å². The van der Waals surface area contributed by atoms with Gasteiger partial charge in [-0.25, -0.2) is 0 Å². The molecule has 0 atom stereocenters. The van der Waals surface area contributed by atoms with E-state index in [2.05, 4.69) is 65.2 Å². The first kappa shape index (κ1) is 16.9. The molecule has 0 radical (unpaired) electrons. The van der Waals surface area contributed by atoms with Crippen LogP contribution < -0.4 is 5.32 Å². The van der Waals surface area contributed by atoms with E-state index in [0.29, 0.717) is 12.1 Å². The Morgan fingerprint density at radius 1 is 1.33 bits per heavy atom. The van der Waals surface area contributed by atoms with E-state index in [4.69, 9.17) is 4.74 Å². The van der Waals surface area contributed by atoms with Gasteiger partial charge in [0.05, 0.1) is 0 Å². The van der Waals surface area contributed by atoms with E-state index in [1.54, 1.807) is 0 Å². The van der Waals surface area contributed by atoms with Gasteiger partial charge in [0.1, 0.15) is 0 Å². The third-order valence-corrected chi connectivity index (χ3v) is 4.80. The lowest BCUT2D eigenvalue weighted by atomic mass is 10.1. The first-order valence-electron chi connectivity index (χ1n) is 7.85. The van der Waals surface area contributed by atoms with Crippen LogP contribution in [0.15, 0.2) is 22.7 Å². The molecular weight excluding hydrogens is 328 g/mol. The number of nitrogens with one attached hydrogen (secondary N) is 1.